The summed E-state index contributed by atoms with van der Waals surface area (Å²) in [5.41, 5.74) is 3.04. The lowest BCUT2D eigenvalue weighted by atomic mass is 10.1. The third-order valence-corrected chi connectivity index (χ3v) is 3.91. The largest absolute Gasteiger partial charge is 0.348 e. The van der Waals surface area contributed by atoms with Crippen molar-refractivity contribution >= 4 is 11.8 Å². The zero-order valence-electron chi connectivity index (χ0n) is 12.2. The van der Waals surface area contributed by atoms with Gasteiger partial charge >= 0.3 is 0 Å². The molecule has 1 aliphatic carbocycles. The van der Waals surface area contributed by atoms with E-state index < -0.39 is 0 Å². The number of benzene rings is 2. The third-order valence-electron chi connectivity index (χ3n) is 3.91. The van der Waals surface area contributed by atoms with Crippen LogP contribution in [0.3, 0.4) is 0 Å². The molecule has 1 aliphatic rings. The first-order valence-corrected chi connectivity index (χ1v) is 7.44. The van der Waals surface area contributed by atoms with Crippen molar-refractivity contribution < 1.29 is 9.59 Å². The Labute approximate surface area is 129 Å². The molecule has 4 nitrogen and oxygen atoms in total. The van der Waals surface area contributed by atoms with E-state index in [1.54, 1.807) is 24.3 Å². The zero-order valence-corrected chi connectivity index (χ0v) is 12.2. The summed E-state index contributed by atoms with van der Waals surface area (Å²) in [5, 5.41) is 5.63. The molecule has 2 N–H and O–H groups in total. The number of fused-ring (bicyclic) bond motifs is 1. The number of aryl methyl sites for hydroxylation is 1. The number of hydrogen-bond donors (Lipinski definition) is 2. The molecule has 0 radical (unpaired) electrons. The van der Waals surface area contributed by atoms with Gasteiger partial charge in [0.25, 0.3) is 5.91 Å². The fourth-order valence-corrected chi connectivity index (χ4v) is 2.80. The van der Waals surface area contributed by atoms with Crippen LogP contribution in [-0.2, 0) is 11.2 Å². The van der Waals surface area contributed by atoms with Crippen molar-refractivity contribution in [3.63, 3.8) is 0 Å². The summed E-state index contributed by atoms with van der Waals surface area (Å²) in [7, 11) is 0. The van der Waals surface area contributed by atoms with Crippen molar-refractivity contribution in [1.29, 1.82) is 0 Å². The number of carbonyl (C=O) groups excluding carboxylic acids is 2. The molecule has 2 amide bonds. The van der Waals surface area contributed by atoms with E-state index in [2.05, 4.69) is 22.8 Å². The second-order valence-electron chi connectivity index (χ2n) is 5.41. The summed E-state index contributed by atoms with van der Waals surface area (Å²) in [6, 6.07) is 17.1. The minimum Gasteiger partial charge on any atom is -0.348 e. The molecule has 4 heteroatoms. The highest BCUT2D eigenvalue weighted by Gasteiger charge is 2.23. The van der Waals surface area contributed by atoms with E-state index in [0.717, 1.165) is 12.8 Å². The lowest BCUT2D eigenvalue weighted by molar-refractivity contribution is -0.120. The Balaban J connectivity index is 1.53. The molecular formula is C18H18N2O2. The van der Waals surface area contributed by atoms with Crippen LogP contribution in [0.25, 0.3) is 0 Å². The molecule has 112 valence electrons. The summed E-state index contributed by atoms with van der Waals surface area (Å²) < 4.78 is 0. The quantitative estimate of drug-likeness (QED) is 0.908. The molecule has 0 saturated heterocycles. The molecule has 0 bridgehead atoms. The first-order chi connectivity index (χ1) is 10.7. The maximum atomic E-state index is 12.0. The maximum Gasteiger partial charge on any atom is 0.251 e. The first-order valence-electron chi connectivity index (χ1n) is 7.44. The normalized spacial score (nSPS) is 15.9. The van der Waals surface area contributed by atoms with Crippen LogP contribution in [-0.4, -0.2) is 18.4 Å². The molecule has 0 fully saturated rings. The van der Waals surface area contributed by atoms with E-state index in [0.29, 0.717) is 5.56 Å². The minimum atomic E-state index is -0.234. The molecule has 0 aliphatic heterocycles. The average Bonchev–Trinajstić information content (AvgIpc) is 2.97. The SMILES string of the molecule is O=C(CNC(=O)c1ccccc1)N[C@@H]1CCc2ccccc21. The number of hydrogen-bond acceptors (Lipinski definition) is 2. The molecule has 2 aromatic rings. The summed E-state index contributed by atoms with van der Waals surface area (Å²) >= 11 is 0. The molecule has 3 rings (SSSR count). The van der Waals surface area contributed by atoms with Gasteiger partial charge in [0.15, 0.2) is 0 Å². The van der Waals surface area contributed by atoms with Crippen LogP contribution < -0.4 is 10.6 Å². The Morgan fingerprint density at radius 1 is 1.00 bits per heavy atom. The summed E-state index contributed by atoms with van der Waals surface area (Å²) in [5.74, 6) is -0.395. The van der Waals surface area contributed by atoms with Crippen molar-refractivity contribution in [2.75, 3.05) is 6.54 Å². The van der Waals surface area contributed by atoms with Crippen molar-refractivity contribution in [2.24, 2.45) is 0 Å². The summed E-state index contributed by atoms with van der Waals surface area (Å²) in [6.45, 7) is -0.00755. The van der Waals surface area contributed by atoms with Crippen LogP contribution >= 0.6 is 0 Å². The molecular weight excluding hydrogens is 276 g/mol. The van der Waals surface area contributed by atoms with Crippen LogP contribution in [0.1, 0.15) is 33.9 Å². The van der Waals surface area contributed by atoms with E-state index in [1.165, 1.54) is 11.1 Å². The second-order valence-corrected chi connectivity index (χ2v) is 5.41. The van der Waals surface area contributed by atoms with Crippen LogP contribution in [0.4, 0.5) is 0 Å². The monoisotopic (exact) mass is 294 g/mol. The van der Waals surface area contributed by atoms with Crippen LogP contribution in [0.2, 0.25) is 0 Å². The first kappa shape index (κ1) is 14.3. The van der Waals surface area contributed by atoms with E-state index in [-0.39, 0.29) is 24.4 Å². The summed E-state index contributed by atoms with van der Waals surface area (Å²) in [6.07, 6.45) is 1.90. The van der Waals surface area contributed by atoms with Gasteiger partial charge in [0.2, 0.25) is 5.91 Å². The Morgan fingerprint density at radius 3 is 2.55 bits per heavy atom. The van der Waals surface area contributed by atoms with Gasteiger partial charge < -0.3 is 10.6 Å². The molecule has 0 saturated carbocycles. The van der Waals surface area contributed by atoms with Crippen LogP contribution in [0.5, 0.6) is 0 Å². The van der Waals surface area contributed by atoms with Gasteiger partial charge in [0, 0.05) is 5.56 Å². The van der Waals surface area contributed by atoms with Gasteiger partial charge in [0.1, 0.15) is 0 Å². The Bertz CT molecular complexity index is 682. The molecule has 22 heavy (non-hydrogen) atoms. The molecule has 0 aromatic heterocycles. The third kappa shape index (κ3) is 3.17. The number of rotatable bonds is 4. The zero-order chi connectivity index (χ0) is 15.4. The van der Waals surface area contributed by atoms with E-state index in [9.17, 15) is 9.59 Å². The number of nitrogens with one attached hydrogen (secondary N) is 2. The topological polar surface area (TPSA) is 58.2 Å². The molecule has 2 aromatic carbocycles. The van der Waals surface area contributed by atoms with E-state index >= 15 is 0 Å². The molecule has 0 unspecified atom stereocenters. The lowest BCUT2D eigenvalue weighted by Gasteiger charge is -2.14. The van der Waals surface area contributed by atoms with Crippen molar-refractivity contribution in [3.05, 3.63) is 71.3 Å². The highest BCUT2D eigenvalue weighted by molar-refractivity contribution is 5.96. The highest BCUT2D eigenvalue weighted by atomic mass is 16.2. The van der Waals surface area contributed by atoms with Crippen molar-refractivity contribution in [2.45, 2.75) is 18.9 Å². The standard InChI is InChI=1S/C18H18N2O2/c21-17(12-19-18(22)14-7-2-1-3-8-14)20-16-11-10-13-6-4-5-9-15(13)16/h1-9,16H,10-12H2,(H,19,22)(H,20,21)/t16-/m1/s1. The van der Waals surface area contributed by atoms with Gasteiger partial charge in [-0.15, -0.1) is 0 Å². The Morgan fingerprint density at radius 2 is 1.73 bits per heavy atom. The van der Waals surface area contributed by atoms with Crippen molar-refractivity contribution in [3.8, 4) is 0 Å². The smallest absolute Gasteiger partial charge is 0.251 e. The van der Waals surface area contributed by atoms with Crippen LogP contribution in [0, 0.1) is 0 Å². The van der Waals surface area contributed by atoms with E-state index in [1.807, 2.05) is 18.2 Å². The van der Waals surface area contributed by atoms with Crippen LogP contribution in [0.15, 0.2) is 54.6 Å². The predicted molar refractivity (Wildman–Crippen MR) is 84.4 cm³/mol. The summed E-state index contributed by atoms with van der Waals surface area (Å²) in [4.78, 5) is 23.9. The fourth-order valence-electron chi connectivity index (χ4n) is 2.80. The van der Waals surface area contributed by atoms with Gasteiger partial charge in [0.05, 0.1) is 12.6 Å². The van der Waals surface area contributed by atoms with Gasteiger partial charge in [-0.25, -0.2) is 0 Å². The Hall–Kier alpha value is -2.62. The van der Waals surface area contributed by atoms with Gasteiger partial charge in [-0.1, -0.05) is 42.5 Å². The number of amides is 2. The minimum absolute atomic E-state index is 0.00755. The maximum absolute atomic E-state index is 12.0. The van der Waals surface area contributed by atoms with Gasteiger partial charge in [-0.05, 0) is 36.1 Å². The molecule has 0 spiro atoms. The van der Waals surface area contributed by atoms with E-state index in [4.69, 9.17) is 0 Å². The molecule has 1 atom stereocenters. The van der Waals surface area contributed by atoms with Crippen molar-refractivity contribution in [1.82, 2.24) is 10.6 Å². The second kappa shape index (κ2) is 6.43. The Kier molecular flexibility index (Phi) is 4.19. The lowest BCUT2D eigenvalue weighted by Crippen LogP contribution is -2.38. The predicted octanol–water partition coefficient (Wildman–Crippen LogP) is 2.22. The number of carbonyl (C=O) groups is 2. The van der Waals surface area contributed by atoms with Gasteiger partial charge in [-0.3, -0.25) is 9.59 Å². The average molecular weight is 294 g/mol. The fraction of sp³-hybridized carbons (Fsp3) is 0.222. The van der Waals surface area contributed by atoms with Gasteiger partial charge in [-0.2, -0.15) is 0 Å². The highest BCUT2D eigenvalue weighted by Crippen LogP contribution is 2.30. The molecule has 0 heterocycles.